The quantitative estimate of drug-likeness (QED) is 0.933. The summed E-state index contributed by atoms with van der Waals surface area (Å²) in [6.07, 6.45) is 0. The van der Waals surface area contributed by atoms with Crippen LogP contribution in [0.2, 0.25) is 5.02 Å². The van der Waals surface area contributed by atoms with Crippen molar-refractivity contribution in [2.75, 3.05) is 26.2 Å². The van der Waals surface area contributed by atoms with Crippen molar-refractivity contribution in [1.29, 1.82) is 0 Å². The second-order valence-electron chi connectivity index (χ2n) is 5.84. The summed E-state index contributed by atoms with van der Waals surface area (Å²) < 4.78 is 0. The lowest BCUT2D eigenvalue weighted by Crippen LogP contribution is -2.48. The third kappa shape index (κ3) is 3.54. The lowest BCUT2D eigenvalue weighted by Gasteiger charge is -2.34. The number of hydrogen-bond donors (Lipinski definition) is 1. The van der Waals surface area contributed by atoms with E-state index in [9.17, 15) is 4.79 Å². The Bertz CT molecular complexity index is 706. The van der Waals surface area contributed by atoms with Crippen molar-refractivity contribution in [2.45, 2.75) is 20.4 Å². The van der Waals surface area contributed by atoms with Crippen LogP contribution in [0.5, 0.6) is 0 Å². The molecule has 3 rings (SSSR count). The molecule has 0 saturated carbocycles. The van der Waals surface area contributed by atoms with E-state index in [1.807, 2.05) is 30.9 Å². The van der Waals surface area contributed by atoms with Crippen LogP contribution in [-0.2, 0) is 6.54 Å². The maximum absolute atomic E-state index is 12.6. The first-order valence-electron chi connectivity index (χ1n) is 7.69. The van der Waals surface area contributed by atoms with Crippen LogP contribution in [-0.4, -0.2) is 57.1 Å². The molecule has 1 aromatic heterocycles. The van der Waals surface area contributed by atoms with Gasteiger partial charge in [-0.2, -0.15) is 5.10 Å². The standard InChI is InChI=1S/C16H20ClN5O/c1-11-4-3-5-13(15(11)17)16(23)22-8-6-21(7-9-22)10-14-18-12(2)19-20-14/h3-5H,6-10H2,1-2H3,(H,18,19,20). The molecule has 1 N–H and O–H groups in total. The third-order valence-corrected chi connectivity index (χ3v) is 4.59. The molecule has 1 aliphatic heterocycles. The Balaban J connectivity index is 1.60. The molecule has 2 heterocycles. The predicted octanol–water partition coefficient (Wildman–Crippen LogP) is 2.03. The molecule has 1 aliphatic rings. The minimum atomic E-state index is 0.00656. The molecule has 7 heteroatoms. The number of halogens is 1. The summed E-state index contributed by atoms with van der Waals surface area (Å²) in [4.78, 5) is 21.1. The van der Waals surface area contributed by atoms with Crippen molar-refractivity contribution < 1.29 is 4.79 Å². The van der Waals surface area contributed by atoms with E-state index in [0.29, 0.717) is 30.2 Å². The van der Waals surface area contributed by atoms with Gasteiger partial charge in [0.05, 0.1) is 17.1 Å². The fourth-order valence-electron chi connectivity index (χ4n) is 2.75. The number of benzene rings is 1. The number of hydrogen-bond acceptors (Lipinski definition) is 4. The number of rotatable bonds is 3. The van der Waals surface area contributed by atoms with Crippen LogP contribution in [0.15, 0.2) is 18.2 Å². The molecule has 2 aromatic rings. The number of carbonyl (C=O) groups is 1. The second-order valence-corrected chi connectivity index (χ2v) is 6.22. The molecule has 0 unspecified atom stereocenters. The van der Waals surface area contributed by atoms with E-state index in [1.165, 1.54) is 0 Å². The molecule has 0 aliphatic carbocycles. The van der Waals surface area contributed by atoms with E-state index in [4.69, 9.17) is 11.6 Å². The number of carbonyl (C=O) groups excluding carboxylic acids is 1. The van der Waals surface area contributed by atoms with Crippen molar-refractivity contribution in [3.63, 3.8) is 0 Å². The van der Waals surface area contributed by atoms with Crippen LogP contribution < -0.4 is 0 Å². The molecule has 0 atom stereocenters. The van der Waals surface area contributed by atoms with Crippen molar-refractivity contribution in [2.24, 2.45) is 0 Å². The van der Waals surface area contributed by atoms with Gasteiger partial charge in [-0.1, -0.05) is 23.7 Å². The van der Waals surface area contributed by atoms with E-state index in [0.717, 1.165) is 30.3 Å². The van der Waals surface area contributed by atoms with Gasteiger partial charge in [0.1, 0.15) is 5.82 Å². The van der Waals surface area contributed by atoms with Crippen molar-refractivity contribution in [1.82, 2.24) is 25.0 Å². The Labute approximate surface area is 140 Å². The lowest BCUT2D eigenvalue weighted by molar-refractivity contribution is 0.0625. The summed E-state index contributed by atoms with van der Waals surface area (Å²) in [5.74, 6) is 1.62. The number of aryl methyl sites for hydroxylation is 2. The summed E-state index contributed by atoms with van der Waals surface area (Å²) in [5.41, 5.74) is 1.51. The van der Waals surface area contributed by atoms with Crippen LogP contribution in [0.1, 0.15) is 27.6 Å². The van der Waals surface area contributed by atoms with Crippen LogP contribution >= 0.6 is 11.6 Å². The summed E-state index contributed by atoms with van der Waals surface area (Å²) >= 11 is 6.27. The highest BCUT2D eigenvalue weighted by molar-refractivity contribution is 6.34. The van der Waals surface area contributed by atoms with Gasteiger partial charge < -0.3 is 4.90 Å². The van der Waals surface area contributed by atoms with Gasteiger partial charge in [-0.25, -0.2) is 4.98 Å². The molecular weight excluding hydrogens is 314 g/mol. The molecule has 1 saturated heterocycles. The average Bonchev–Trinajstić information content (AvgIpc) is 2.95. The normalized spacial score (nSPS) is 15.9. The third-order valence-electron chi connectivity index (χ3n) is 4.09. The van der Waals surface area contributed by atoms with Crippen LogP contribution in [0.4, 0.5) is 0 Å². The van der Waals surface area contributed by atoms with Gasteiger partial charge in [-0.3, -0.25) is 14.8 Å². The van der Waals surface area contributed by atoms with Crippen LogP contribution in [0, 0.1) is 13.8 Å². The number of aromatic nitrogens is 3. The Kier molecular flexibility index (Phi) is 4.63. The number of H-pyrrole nitrogens is 1. The zero-order chi connectivity index (χ0) is 16.4. The van der Waals surface area contributed by atoms with Crippen LogP contribution in [0.3, 0.4) is 0 Å². The minimum absolute atomic E-state index is 0.00656. The Morgan fingerprint density at radius 2 is 2.00 bits per heavy atom. The van der Waals surface area contributed by atoms with E-state index < -0.39 is 0 Å². The summed E-state index contributed by atoms with van der Waals surface area (Å²) in [6, 6.07) is 5.58. The first kappa shape index (κ1) is 16.0. The molecule has 0 bridgehead atoms. The zero-order valence-electron chi connectivity index (χ0n) is 13.3. The summed E-state index contributed by atoms with van der Waals surface area (Å²) in [6.45, 7) is 7.50. The fourth-order valence-corrected chi connectivity index (χ4v) is 2.96. The number of nitrogens with one attached hydrogen (secondary N) is 1. The zero-order valence-corrected chi connectivity index (χ0v) is 14.1. The molecule has 6 nitrogen and oxygen atoms in total. The van der Waals surface area contributed by atoms with Crippen molar-refractivity contribution in [3.05, 3.63) is 46.0 Å². The topological polar surface area (TPSA) is 65.1 Å². The first-order valence-corrected chi connectivity index (χ1v) is 8.07. The molecule has 0 spiro atoms. The number of amides is 1. The lowest BCUT2D eigenvalue weighted by atomic mass is 10.1. The van der Waals surface area contributed by atoms with Gasteiger partial charge >= 0.3 is 0 Å². The van der Waals surface area contributed by atoms with Crippen LogP contribution in [0.25, 0.3) is 0 Å². The molecule has 1 amide bonds. The predicted molar refractivity (Wildman–Crippen MR) is 88.5 cm³/mol. The maximum atomic E-state index is 12.6. The fraction of sp³-hybridized carbons (Fsp3) is 0.438. The van der Waals surface area contributed by atoms with Crippen molar-refractivity contribution >= 4 is 17.5 Å². The Morgan fingerprint density at radius 3 is 2.65 bits per heavy atom. The highest BCUT2D eigenvalue weighted by atomic mass is 35.5. The Morgan fingerprint density at radius 1 is 1.26 bits per heavy atom. The highest BCUT2D eigenvalue weighted by Gasteiger charge is 2.24. The van der Waals surface area contributed by atoms with E-state index >= 15 is 0 Å². The molecule has 1 fully saturated rings. The number of nitrogens with zero attached hydrogens (tertiary/aromatic N) is 4. The van der Waals surface area contributed by atoms with E-state index in [1.54, 1.807) is 6.07 Å². The molecule has 0 radical (unpaired) electrons. The first-order chi connectivity index (χ1) is 11.0. The largest absolute Gasteiger partial charge is 0.336 e. The maximum Gasteiger partial charge on any atom is 0.255 e. The number of aromatic amines is 1. The van der Waals surface area contributed by atoms with Gasteiger partial charge in [-0.05, 0) is 25.5 Å². The summed E-state index contributed by atoms with van der Waals surface area (Å²) in [7, 11) is 0. The molecule has 1 aromatic carbocycles. The molecule has 23 heavy (non-hydrogen) atoms. The van der Waals surface area contributed by atoms with Gasteiger partial charge in [-0.15, -0.1) is 0 Å². The van der Waals surface area contributed by atoms with Gasteiger partial charge in [0.15, 0.2) is 5.82 Å². The van der Waals surface area contributed by atoms with E-state index in [-0.39, 0.29) is 5.91 Å². The molecular formula is C16H20ClN5O. The SMILES string of the molecule is Cc1nc(CN2CCN(C(=O)c3cccc(C)c3Cl)CC2)n[nH]1. The monoisotopic (exact) mass is 333 g/mol. The van der Waals surface area contributed by atoms with Crippen molar-refractivity contribution in [3.8, 4) is 0 Å². The minimum Gasteiger partial charge on any atom is -0.336 e. The highest BCUT2D eigenvalue weighted by Crippen LogP contribution is 2.22. The van der Waals surface area contributed by atoms with E-state index in [2.05, 4.69) is 20.1 Å². The van der Waals surface area contributed by atoms with Gasteiger partial charge in [0, 0.05) is 26.2 Å². The molecule has 122 valence electrons. The summed E-state index contributed by atoms with van der Waals surface area (Å²) in [5, 5.41) is 7.56. The average molecular weight is 334 g/mol. The second kappa shape index (κ2) is 6.68. The van der Waals surface area contributed by atoms with Gasteiger partial charge in [0.25, 0.3) is 5.91 Å². The number of piperazine rings is 1. The Hall–Kier alpha value is -1.92. The van der Waals surface area contributed by atoms with Gasteiger partial charge in [0.2, 0.25) is 0 Å². The smallest absolute Gasteiger partial charge is 0.255 e.